The van der Waals surface area contributed by atoms with E-state index in [1.807, 2.05) is 77.5 Å². The first-order valence-corrected chi connectivity index (χ1v) is 8.29. The third-order valence-electron chi connectivity index (χ3n) is 4.02. The summed E-state index contributed by atoms with van der Waals surface area (Å²) in [7, 11) is 0. The Kier molecular flexibility index (Phi) is 4.35. The normalized spacial score (nSPS) is 10.6. The molecule has 1 N–H and O–H groups in total. The van der Waals surface area contributed by atoms with Gasteiger partial charge in [-0.15, -0.1) is 0 Å². The number of nitrogens with one attached hydrogen (secondary N) is 1. The van der Waals surface area contributed by atoms with Crippen LogP contribution in [0.25, 0.3) is 5.65 Å². The van der Waals surface area contributed by atoms with Gasteiger partial charge in [-0.3, -0.25) is 4.79 Å². The summed E-state index contributed by atoms with van der Waals surface area (Å²) in [4.78, 5) is 16.8. The summed E-state index contributed by atoms with van der Waals surface area (Å²) >= 11 is 0. The fourth-order valence-corrected chi connectivity index (χ4v) is 2.70. The third kappa shape index (κ3) is 3.42. The van der Waals surface area contributed by atoms with Crippen molar-refractivity contribution in [1.82, 2.24) is 9.38 Å². The number of amides is 1. The van der Waals surface area contributed by atoms with Crippen molar-refractivity contribution in [2.24, 2.45) is 0 Å². The largest absolute Gasteiger partial charge is 0.489 e. The van der Waals surface area contributed by atoms with Gasteiger partial charge in [0.15, 0.2) is 0 Å². The lowest BCUT2D eigenvalue weighted by atomic mass is 10.2. The average molecular weight is 343 g/mol. The van der Waals surface area contributed by atoms with Crippen molar-refractivity contribution >= 4 is 17.2 Å². The van der Waals surface area contributed by atoms with Crippen LogP contribution in [0.5, 0.6) is 5.75 Å². The second-order valence-electron chi connectivity index (χ2n) is 5.83. The Bertz CT molecular complexity index is 1020. The minimum atomic E-state index is -0.195. The highest BCUT2D eigenvalue weighted by molar-refractivity contribution is 6.08. The summed E-state index contributed by atoms with van der Waals surface area (Å²) in [5.41, 5.74) is 2.98. The van der Waals surface area contributed by atoms with E-state index in [0.29, 0.717) is 23.5 Å². The molecule has 0 unspecified atom stereocenters. The van der Waals surface area contributed by atoms with Crippen molar-refractivity contribution in [3.8, 4) is 5.75 Å². The molecule has 26 heavy (non-hydrogen) atoms. The molecule has 0 spiro atoms. The van der Waals surface area contributed by atoms with Gasteiger partial charge in [0.1, 0.15) is 18.0 Å². The Balaban J connectivity index is 1.42. The van der Waals surface area contributed by atoms with E-state index in [0.717, 1.165) is 11.3 Å². The van der Waals surface area contributed by atoms with E-state index >= 15 is 0 Å². The van der Waals surface area contributed by atoms with E-state index < -0.39 is 0 Å². The highest BCUT2D eigenvalue weighted by Gasteiger charge is 2.11. The van der Waals surface area contributed by atoms with E-state index in [2.05, 4.69) is 10.3 Å². The molecule has 0 aliphatic carbocycles. The number of nitrogens with zero attached hydrogens (tertiary/aromatic N) is 2. The van der Waals surface area contributed by atoms with Gasteiger partial charge < -0.3 is 14.5 Å². The van der Waals surface area contributed by atoms with Crippen molar-refractivity contribution < 1.29 is 9.53 Å². The van der Waals surface area contributed by atoms with E-state index in [-0.39, 0.29) is 5.91 Å². The number of anilines is 1. The van der Waals surface area contributed by atoms with Crippen molar-refractivity contribution in [3.63, 3.8) is 0 Å². The van der Waals surface area contributed by atoms with Crippen LogP contribution in [0.15, 0.2) is 85.3 Å². The quantitative estimate of drug-likeness (QED) is 0.592. The van der Waals surface area contributed by atoms with Gasteiger partial charge >= 0.3 is 0 Å². The van der Waals surface area contributed by atoms with E-state index in [1.54, 1.807) is 12.3 Å². The molecule has 0 saturated heterocycles. The molecule has 4 aromatic rings. The Hall–Kier alpha value is -3.60. The second kappa shape index (κ2) is 7.11. The van der Waals surface area contributed by atoms with Gasteiger partial charge in [0.25, 0.3) is 5.91 Å². The van der Waals surface area contributed by atoms with Crippen LogP contribution >= 0.6 is 0 Å². The summed E-state index contributed by atoms with van der Waals surface area (Å²) < 4.78 is 7.57. The van der Waals surface area contributed by atoms with Crippen LogP contribution in [0, 0.1) is 0 Å². The Morgan fingerprint density at radius 2 is 1.77 bits per heavy atom. The highest BCUT2D eigenvalue weighted by Crippen LogP contribution is 2.18. The molecule has 0 bridgehead atoms. The second-order valence-corrected chi connectivity index (χ2v) is 5.83. The number of hydrogen-bond acceptors (Lipinski definition) is 3. The summed E-state index contributed by atoms with van der Waals surface area (Å²) in [6.07, 6.45) is 5.34. The zero-order valence-electron chi connectivity index (χ0n) is 14.0. The van der Waals surface area contributed by atoms with Crippen molar-refractivity contribution in [3.05, 3.63) is 96.4 Å². The van der Waals surface area contributed by atoms with Crippen molar-refractivity contribution in [1.29, 1.82) is 0 Å². The molecule has 5 nitrogen and oxygen atoms in total. The minimum absolute atomic E-state index is 0.195. The lowest BCUT2D eigenvalue weighted by Gasteiger charge is -2.09. The summed E-state index contributed by atoms with van der Waals surface area (Å²) in [6, 6.07) is 20.9. The van der Waals surface area contributed by atoms with Crippen LogP contribution < -0.4 is 10.1 Å². The van der Waals surface area contributed by atoms with Crippen LogP contribution in [0.4, 0.5) is 5.69 Å². The molecule has 0 atom stereocenters. The van der Waals surface area contributed by atoms with E-state index in [1.165, 1.54) is 0 Å². The zero-order valence-corrected chi connectivity index (χ0v) is 14.0. The van der Waals surface area contributed by atoms with Crippen molar-refractivity contribution in [2.45, 2.75) is 6.61 Å². The molecule has 4 rings (SSSR count). The maximum atomic E-state index is 12.5. The lowest BCUT2D eigenvalue weighted by Crippen LogP contribution is -2.13. The standard InChI is InChI=1S/C21H17N3O2/c25-21(19-7-4-13-24-14-12-22-20(19)24)23-17-8-10-18(11-9-17)26-15-16-5-2-1-3-6-16/h1-14H,15H2,(H,23,25). The van der Waals surface area contributed by atoms with Crippen LogP contribution in [-0.2, 0) is 6.61 Å². The SMILES string of the molecule is O=C(Nc1ccc(OCc2ccccc2)cc1)c1cccn2ccnc12. The molecule has 0 saturated carbocycles. The van der Waals surface area contributed by atoms with Crippen molar-refractivity contribution in [2.75, 3.05) is 5.32 Å². The predicted octanol–water partition coefficient (Wildman–Crippen LogP) is 4.17. The fraction of sp³-hybridized carbons (Fsp3) is 0.0476. The van der Waals surface area contributed by atoms with Crippen LogP contribution in [-0.4, -0.2) is 15.3 Å². The number of fused-ring (bicyclic) bond motifs is 1. The van der Waals surface area contributed by atoms with Gasteiger partial charge in [0, 0.05) is 24.3 Å². The zero-order chi connectivity index (χ0) is 17.8. The number of ether oxygens (including phenoxy) is 1. The lowest BCUT2D eigenvalue weighted by molar-refractivity contribution is 0.102. The molecule has 2 heterocycles. The molecule has 0 radical (unpaired) electrons. The molecular weight excluding hydrogens is 326 g/mol. The van der Waals surface area contributed by atoms with Gasteiger partial charge in [0.05, 0.1) is 5.56 Å². The first-order chi connectivity index (χ1) is 12.8. The Morgan fingerprint density at radius 3 is 2.58 bits per heavy atom. The van der Waals surface area contributed by atoms with Gasteiger partial charge in [-0.05, 0) is 42.0 Å². The molecule has 1 amide bonds. The molecule has 2 aromatic heterocycles. The predicted molar refractivity (Wildman–Crippen MR) is 100 cm³/mol. The summed E-state index contributed by atoms with van der Waals surface area (Å²) in [6.45, 7) is 0.508. The molecular formula is C21H17N3O2. The Morgan fingerprint density at radius 1 is 0.962 bits per heavy atom. The maximum absolute atomic E-state index is 12.5. The maximum Gasteiger partial charge on any atom is 0.259 e. The number of rotatable bonds is 5. The molecule has 0 aliphatic heterocycles. The fourth-order valence-electron chi connectivity index (χ4n) is 2.70. The van der Waals surface area contributed by atoms with E-state index in [4.69, 9.17) is 4.74 Å². The summed E-state index contributed by atoms with van der Waals surface area (Å²) in [5, 5.41) is 2.89. The Labute approximate surface area is 150 Å². The van der Waals surface area contributed by atoms with Gasteiger partial charge in [-0.1, -0.05) is 30.3 Å². The van der Waals surface area contributed by atoms with Crippen LogP contribution in [0.1, 0.15) is 15.9 Å². The molecule has 0 fully saturated rings. The van der Waals surface area contributed by atoms with Gasteiger partial charge in [-0.25, -0.2) is 4.98 Å². The van der Waals surface area contributed by atoms with Gasteiger partial charge in [0.2, 0.25) is 0 Å². The average Bonchev–Trinajstić information content (AvgIpc) is 3.17. The number of hydrogen-bond donors (Lipinski definition) is 1. The molecule has 0 aliphatic rings. The summed E-state index contributed by atoms with van der Waals surface area (Å²) in [5.74, 6) is 0.557. The number of carbonyl (C=O) groups excluding carboxylic acids is 1. The number of pyridine rings is 1. The number of aromatic nitrogens is 2. The highest BCUT2D eigenvalue weighted by atomic mass is 16.5. The minimum Gasteiger partial charge on any atom is -0.489 e. The molecule has 2 aromatic carbocycles. The van der Waals surface area contributed by atoms with E-state index in [9.17, 15) is 4.79 Å². The smallest absolute Gasteiger partial charge is 0.259 e. The topological polar surface area (TPSA) is 55.6 Å². The number of imidazole rings is 1. The number of carbonyl (C=O) groups is 1. The van der Waals surface area contributed by atoms with Crippen LogP contribution in [0.3, 0.4) is 0 Å². The first-order valence-electron chi connectivity index (χ1n) is 8.29. The first kappa shape index (κ1) is 15.9. The monoisotopic (exact) mass is 343 g/mol. The third-order valence-corrected chi connectivity index (χ3v) is 4.02. The molecule has 5 heteroatoms. The van der Waals surface area contributed by atoms with Crippen LogP contribution in [0.2, 0.25) is 0 Å². The number of benzene rings is 2. The van der Waals surface area contributed by atoms with Gasteiger partial charge in [-0.2, -0.15) is 0 Å². The molecule has 128 valence electrons.